The lowest BCUT2D eigenvalue weighted by atomic mass is 10.0. The van der Waals surface area contributed by atoms with Crippen LogP contribution in [0.2, 0.25) is 0 Å². The first-order valence-electron chi connectivity index (χ1n) is 5.58. The zero-order chi connectivity index (χ0) is 17.5. The first kappa shape index (κ1) is 16.5. The van der Waals surface area contributed by atoms with Gasteiger partial charge in [-0.2, -0.15) is 8.78 Å². The summed E-state index contributed by atoms with van der Waals surface area (Å²) in [4.78, 5) is 21.0. The molecule has 1 aromatic heterocycles. The highest BCUT2D eigenvalue weighted by atomic mass is 35.5. The molecule has 1 amide bonds. The third-order valence-corrected chi connectivity index (χ3v) is 2.88. The van der Waals surface area contributed by atoms with Crippen LogP contribution in [-0.2, 0) is 5.38 Å². The predicted molar refractivity (Wildman–Crippen MR) is 68.5 cm³/mol. The number of carbonyl (C=O) groups excluding carboxylic acids is 1. The van der Waals surface area contributed by atoms with Crippen LogP contribution in [0.3, 0.4) is 0 Å². The fourth-order valence-corrected chi connectivity index (χ4v) is 1.90. The lowest BCUT2D eigenvalue weighted by Crippen LogP contribution is -2.17. The van der Waals surface area contributed by atoms with Gasteiger partial charge in [0, 0.05) is 17.7 Å². The van der Waals surface area contributed by atoms with Crippen molar-refractivity contribution in [1.82, 2.24) is 5.16 Å². The van der Waals surface area contributed by atoms with Crippen molar-refractivity contribution in [3.8, 4) is 17.0 Å². The highest BCUT2D eigenvalue weighted by molar-refractivity contribution is 6.22. The molecule has 0 aliphatic rings. The number of halogens is 4. The van der Waals surface area contributed by atoms with Gasteiger partial charge in [-0.25, -0.2) is 4.39 Å². The minimum Gasteiger partial charge on any atom is -0.502 e. The number of aromatic nitrogens is 1. The van der Waals surface area contributed by atoms with Gasteiger partial charge >= 0.3 is 11.1 Å². The molecule has 8 nitrogen and oxygen atoms in total. The largest absolute Gasteiger partial charge is 0.502 e. The number of benzene rings is 1. The number of phenolic OH excluding ortho intramolecular Hbond substituents is 1. The molecule has 0 atom stereocenters. The second-order valence-corrected chi connectivity index (χ2v) is 4.65. The van der Waals surface area contributed by atoms with Crippen molar-refractivity contribution < 1.29 is 32.5 Å². The Morgan fingerprint density at radius 2 is 2.09 bits per heavy atom. The third kappa shape index (κ3) is 2.90. The Morgan fingerprint density at radius 3 is 2.57 bits per heavy atom. The fraction of sp³-hybridized carbons (Fsp3) is 0.0909. The number of phenols is 1. The van der Waals surface area contributed by atoms with Crippen molar-refractivity contribution in [2.45, 2.75) is 5.38 Å². The summed E-state index contributed by atoms with van der Waals surface area (Å²) in [5, 5.41) is 18.9. The number of nitro benzene ring substituents is 1. The molecule has 3 N–H and O–H groups in total. The molecule has 2 rings (SSSR count). The van der Waals surface area contributed by atoms with Crippen molar-refractivity contribution in [3.05, 3.63) is 39.4 Å². The van der Waals surface area contributed by atoms with Gasteiger partial charge in [-0.3, -0.25) is 14.9 Å². The summed E-state index contributed by atoms with van der Waals surface area (Å²) in [5.74, 6) is -5.19. The summed E-state index contributed by atoms with van der Waals surface area (Å²) in [6.45, 7) is 0. The van der Waals surface area contributed by atoms with E-state index in [4.69, 9.17) is 17.3 Å². The topological polar surface area (TPSA) is 132 Å². The number of primary amides is 1. The zero-order valence-corrected chi connectivity index (χ0v) is 11.5. The van der Waals surface area contributed by atoms with E-state index in [-0.39, 0.29) is 0 Å². The van der Waals surface area contributed by atoms with Crippen LogP contribution in [0, 0.1) is 15.9 Å². The maximum atomic E-state index is 13.9. The maximum Gasteiger partial charge on any atom is 0.383 e. The van der Waals surface area contributed by atoms with Crippen LogP contribution in [0.5, 0.6) is 5.75 Å². The summed E-state index contributed by atoms with van der Waals surface area (Å²) >= 11 is 4.74. The molecule has 23 heavy (non-hydrogen) atoms. The highest BCUT2D eigenvalue weighted by Crippen LogP contribution is 2.40. The lowest BCUT2D eigenvalue weighted by molar-refractivity contribution is -0.385. The van der Waals surface area contributed by atoms with E-state index in [9.17, 15) is 33.2 Å². The molecule has 2 aromatic rings. The Morgan fingerprint density at radius 1 is 1.48 bits per heavy atom. The second kappa shape index (κ2) is 5.43. The zero-order valence-electron chi connectivity index (χ0n) is 10.7. The Kier molecular flexibility index (Phi) is 3.90. The Hall–Kier alpha value is -2.82. The van der Waals surface area contributed by atoms with Crippen LogP contribution in [0.25, 0.3) is 11.3 Å². The molecule has 12 heteroatoms. The van der Waals surface area contributed by atoms with E-state index in [1.165, 1.54) is 0 Å². The number of nitrogens with zero attached hydrogens (tertiary/aromatic N) is 2. The number of nitro groups is 1. The summed E-state index contributed by atoms with van der Waals surface area (Å²) < 4.78 is 44.4. The van der Waals surface area contributed by atoms with Crippen LogP contribution in [0.1, 0.15) is 16.1 Å². The first-order chi connectivity index (χ1) is 10.5. The van der Waals surface area contributed by atoms with E-state index in [0.29, 0.717) is 12.1 Å². The van der Waals surface area contributed by atoms with E-state index in [2.05, 4.69) is 9.68 Å². The van der Waals surface area contributed by atoms with Crippen LogP contribution in [0.15, 0.2) is 16.7 Å². The van der Waals surface area contributed by atoms with Crippen LogP contribution < -0.4 is 5.73 Å². The van der Waals surface area contributed by atoms with Crippen molar-refractivity contribution >= 4 is 23.2 Å². The summed E-state index contributed by atoms with van der Waals surface area (Å²) in [5.41, 5.74) is 1.39. The molecular weight excluding hydrogens is 347 g/mol. The highest BCUT2D eigenvalue weighted by Gasteiger charge is 2.41. The molecule has 0 bridgehead atoms. The number of alkyl halides is 3. The van der Waals surface area contributed by atoms with Gasteiger partial charge in [0.2, 0.25) is 5.76 Å². The molecular formula is C11H5ClF3N3O5. The molecule has 0 saturated heterocycles. The van der Waals surface area contributed by atoms with Crippen LogP contribution >= 0.6 is 11.6 Å². The minimum absolute atomic E-state index is 0.353. The van der Waals surface area contributed by atoms with Gasteiger partial charge in [0.15, 0.2) is 5.75 Å². The molecule has 1 aromatic carbocycles. The summed E-state index contributed by atoms with van der Waals surface area (Å²) in [7, 11) is 0. The smallest absolute Gasteiger partial charge is 0.383 e. The molecule has 0 unspecified atom stereocenters. The number of aromatic hydroxyl groups is 1. The molecule has 122 valence electrons. The van der Waals surface area contributed by atoms with E-state index in [0.717, 1.165) is 0 Å². The number of hydrogen-bond acceptors (Lipinski definition) is 6. The molecule has 0 radical (unpaired) electrons. The number of nitrogens with two attached hydrogens (primary N) is 1. The number of carbonyl (C=O) groups is 1. The van der Waals surface area contributed by atoms with Gasteiger partial charge in [-0.15, -0.1) is 0 Å². The SMILES string of the molecule is NC(=O)c1c(-c2cc([N+](=O)[O-])c(O)cc2F)noc1C(F)(F)Cl. The molecule has 1 heterocycles. The van der Waals surface area contributed by atoms with Gasteiger partial charge < -0.3 is 15.4 Å². The third-order valence-electron chi connectivity index (χ3n) is 2.71. The second-order valence-electron chi connectivity index (χ2n) is 4.18. The van der Waals surface area contributed by atoms with E-state index < -0.39 is 56.0 Å². The molecule has 0 aliphatic heterocycles. The Balaban J connectivity index is 2.78. The summed E-state index contributed by atoms with van der Waals surface area (Å²) in [6, 6.07) is 0.844. The number of amides is 1. The summed E-state index contributed by atoms with van der Waals surface area (Å²) in [6.07, 6.45) is 0. The minimum atomic E-state index is -4.17. The van der Waals surface area contributed by atoms with Gasteiger partial charge in [0.05, 0.1) is 4.92 Å². The Labute approximate surface area is 129 Å². The van der Waals surface area contributed by atoms with Gasteiger partial charge in [0.25, 0.3) is 5.91 Å². The molecule has 0 spiro atoms. The van der Waals surface area contributed by atoms with Crippen molar-refractivity contribution in [1.29, 1.82) is 0 Å². The average Bonchev–Trinajstić information content (AvgIpc) is 2.82. The first-order valence-corrected chi connectivity index (χ1v) is 5.95. The quantitative estimate of drug-likeness (QED) is 0.494. The van der Waals surface area contributed by atoms with Crippen molar-refractivity contribution in [2.24, 2.45) is 5.73 Å². The van der Waals surface area contributed by atoms with Crippen LogP contribution in [0.4, 0.5) is 18.9 Å². The van der Waals surface area contributed by atoms with Crippen molar-refractivity contribution in [2.75, 3.05) is 0 Å². The van der Waals surface area contributed by atoms with E-state index >= 15 is 0 Å². The standard InChI is InChI=1S/C11H5ClF3N3O5/c12-11(14,15)9-7(10(16)20)8(17-23-9)3-1-5(18(21)22)6(19)2-4(3)13/h1-2,19H,(H2,16,20). The average molecular weight is 352 g/mol. The predicted octanol–water partition coefficient (Wildman–Crippen LogP) is 2.48. The number of rotatable bonds is 4. The van der Waals surface area contributed by atoms with Gasteiger partial charge in [0.1, 0.15) is 17.1 Å². The van der Waals surface area contributed by atoms with E-state index in [1.807, 2.05) is 0 Å². The van der Waals surface area contributed by atoms with Crippen LogP contribution in [-0.4, -0.2) is 21.1 Å². The monoisotopic (exact) mass is 351 g/mol. The normalized spacial score (nSPS) is 11.5. The van der Waals surface area contributed by atoms with Gasteiger partial charge in [-0.05, 0) is 11.6 Å². The molecule has 0 saturated carbocycles. The Bertz CT molecular complexity index is 818. The number of hydrogen-bond donors (Lipinski definition) is 2. The maximum absolute atomic E-state index is 13.9. The lowest BCUT2D eigenvalue weighted by Gasteiger charge is -2.06. The molecule has 0 fully saturated rings. The van der Waals surface area contributed by atoms with Gasteiger partial charge in [-0.1, -0.05) is 5.16 Å². The van der Waals surface area contributed by atoms with E-state index in [1.54, 1.807) is 0 Å². The fourth-order valence-electron chi connectivity index (χ4n) is 1.78. The van der Waals surface area contributed by atoms with Crippen molar-refractivity contribution in [3.63, 3.8) is 0 Å². The molecule has 0 aliphatic carbocycles.